The van der Waals surface area contributed by atoms with E-state index in [-0.39, 0.29) is 11.2 Å². The zero-order valence-electron chi connectivity index (χ0n) is 8.68. The van der Waals surface area contributed by atoms with Gasteiger partial charge in [-0.15, -0.1) is 0 Å². The van der Waals surface area contributed by atoms with Crippen molar-refractivity contribution in [3.05, 3.63) is 35.9 Å². The number of amides is 1. The minimum atomic E-state index is -0.130. The molecule has 0 spiro atoms. The number of carbonyl (C=O) groups excluding carboxylic acids is 1. The second-order valence-electron chi connectivity index (χ2n) is 3.31. The molecule has 78 valence electrons. The molecule has 0 radical (unpaired) electrons. The highest BCUT2D eigenvalue weighted by Crippen LogP contribution is 2.38. The third-order valence-corrected chi connectivity index (χ3v) is 3.74. The van der Waals surface area contributed by atoms with Gasteiger partial charge in [0.05, 0.1) is 0 Å². The molecule has 15 heavy (non-hydrogen) atoms. The lowest BCUT2D eigenvalue weighted by Crippen LogP contribution is -2.25. The number of hydrogen-bond acceptors (Lipinski definition) is 3. The Balaban J connectivity index is 2.31. The van der Waals surface area contributed by atoms with Crippen molar-refractivity contribution in [2.24, 2.45) is 4.99 Å². The van der Waals surface area contributed by atoms with Gasteiger partial charge in [-0.05, 0) is 5.56 Å². The fraction of sp³-hybridized carbons (Fsp3) is 0.273. The van der Waals surface area contributed by atoms with Gasteiger partial charge in [-0.3, -0.25) is 14.7 Å². The summed E-state index contributed by atoms with van der Waals surface area (Å²) in [5.41, 5.74) is 1.04. The van der Waals surface area contributed by atoms with Crippen LogP contribution in [0.15, 0.2) is 35.3 Å². The second kappa shape index (κ2) is 4.06. The van der Waals surface area contributed by atoms with Gasteiger partial charge in [0.2, 0.25) is 5.91 Å². The number of hydrogen-bond donors (Lipinski definition) is 0. The van der Waals surface area contributed by atoms with Crippen molar-refractivity contribution in [3.63, 3.8) is 0 Å². The van der Waals surface area contributed by atoms with Gasteiger partial charge in [0.25, 0.3) is 0 Å². The van der Waals surface area contributed by atoms with Crippen LogP contribution in [-0.4, -0.2) is 30.1 Å². The molecule has 1 heterocycles. The molecular weight excluding hydrogens is 208 g/mol. The number of benzene rings is 1. The molecule has 1 aromatic rings. The minimum absolute atomic E-state index is 0.104. The van der Waals surface area contributed by atoms with Gasteiger partial charge in [-0.1, -0.05) is 42.1 Å². The molecule has 1 aromatic carbocycles. The van der Waals surface area contributed by atoms with Crippen LogP contribution in [0.5, 0.6) is 0 Å². The van der Waals surface area contributed by atoms with Gasteiger partial charge in [0, 0.05) is 14.1 Å². The summed E-state index contributed by atoms with van der Waals surface area (Å²) in [6, 6.07) is 9.80. The highest BCUT2D eigenvalue weighted by atomic mass is 32.2. The molecule has 3 nitrogen and oxygen atoms in total. The van der Waals surface area contributed by atoms with E-state index in [4.69, 9.17) is 0 Å². The van der Waals surface area contributed by atoms with Crippen molar-refractivity contribution in [2.75, 3.05) is 14.1 Å². The highest BCUT2D eigenvalue weighted by molar-refractivity contribution is 8.15. The molecule has 1 aliphatic heterocycles. The van der Waals surface area contributed by atoms with E-state index in [1.165, 1.54) is 11.8 Å². The van der Waals surface area contributed by atoms with Crippen LogP contribution in [0.1, 0.15) is 10.8 Å². The quantitative estimate of drug-likeness (QED) is 0.724. The smallest absolute Gasteiger partial charge is 0.246 e. The van der Waals surface area contributed by atoms with E-state index in [0.717, 1.165) is 10.7 Å². The first-order chi connectivity index (χ1) is 7.24. The summed E-state index contributed by atoms with van der Waals surface area (Å²) in [7, 11) is 3.47. The van der Waals surface area contributed by atoms with Gasteiger partial charge < -0.3 is 0 Å². The van der Waals surface area contributed by atoms with Crippen molar-refractivity contribution in [1.29, 1.82) is 0 Å². The molecule has 0 N–H and O–H groups in total. The van der Waals surface area contributed by atoms with Crippen molar-refractivity contribution >= 4 is 22.8 Å². The third kappa shape index (κ3) is 1.77. The Labute approximate surface area is 93.2 Å². The maximum atomic E-state index is 11.9. The zero-order valence-corrected chi connectivity index (χ0v) is 9.49. The van der Waals surface area contributed by atoms with E-state index < -0.39 is 0 Å². The Bertz CT molecular complexity index is 402. The van der Waals surface area contributed by atoms with E-state index in [2.05, 4.69) is 4.99 Å². The van der Waals surface area contributed by atoms with Crippen molar-refractivity contribution in [2.45, 2.75) is 5.25 Å². The van der Waals surface area contributed by atoms with Crippen molar-refractivity contribution in [3.8, 4) is 0 Å². The van der Waals surface area contributed by atoms with Crippen LogP contribution in [0.3, 0.4) is 0 Å². The number of rotatable bonds is 1. The molecule has 1 atom stereocenters. The minimum Gasteiger partial charge on any atom is -0.293 e. The van der Waals surface area contributed by atoms with Crippen molar-refractivity contribution < 1.29 is 4.79 Å². The largest absolute Gasteiger partial charge is 0.293 e. The molecule has 1 fully saturated rings. The first-order valence-corrected chi connectivity index (χ1v) is 5.58. The normalized spacial score (nSPS) is 23.9. The second-order valence-corrected chi connectivity index (χ2v) is 4.38. The van der Waals surface area contributed by atoms with Crippen LogP contribution in [0, 0.1) is 0 Å². The summed E-state index contributed by atoms with van der Waals surface area (Å²) in [6.45, 7) is 0. The monoisotopic (exact) mass is 220 g/mol. The van der Waals surface area contributed by atoms with E-state index in [0.29, 0.717) is 0 Å². The summed E-state index contributed by atoms with van der Waals surface area (Å²) in [6.07, 6.45) is 0. The van der Waals surface area contributed by atoms with E-state index in [1.807, 2.05) is 30.3 Å². The molecule has 1 aliphatic rings. The molecule has 1 unspecified atom stereocenters. The molecule has 0 saturated carbocycles. The van der Waals surface area contributed by atoms with E-state index in [1.54, 1.807) is 19.0 Å². The number of amidine groups is 1. The standard InChI is InChI=1S/C11H12N2OS/c1-12-11-13(2)10(14)9(15-11)8-6-4-3-5-7-8/h3-7,9H,1-2H3. The predicted molar refractivity (Wildman–Crippen MR) is 62.9 cm³/mol. The van der Waals surface area contributed by atoms with Gasteiger partial charge in [-0.25, -0.2) is 0 Å². The number of nitrogens with zero attached hydrogens (tertiary/aromatic N) is 2. The molecule has 4 heteroatoms. The summed E-state index contributed by atoms with van der Waals surface area (Å²) in [4.78, 5) is 17.6. The topological polar surface area (TPSA) is 32.7 Å². The Kier molecular flexibility index (Phi) is 2.77. The van der Waals surface area contributed by atoms with Gasteiger partial charge in [-0.2, -0.15) is 0 Å². The van der Waals surface area contributed by atoms with Gasteiger partial charge in [0.15, 0.2) is 5.17 Å². The van der Waals surface area contributed by atoms with E-state index in [9.17, 15) is 4.79 Å². The first kappa shape index (κ1) is 10.2. The average molecular weight is 220 g/mol. The Hall–Kier alpha value is -1.29. The van der Waals surface area contributed by atoms with Crippen LogP contribution in [0.25, 0.3) is 0 Å². The lowest BCUT2D eigenvalue weighted by atomic mass is 10.1. The molecule has 2 rings (SSSR count). The number of aliphatic imine (C=N–C) groups is 1. The van der Waals surface area contributed by atoms with Gasteiger partial charge in [0.1, 0.15) is 5.25 Å². The fourth-order valence-corrected chi connectivity index (χ4v) is 2.66. The summed E-state index contributed by atoms with van der Waals surface area (Å²) in [5, 5.41) is 0.656. The van der Waals surface area contributed by atoms with Crippen LogP contribution in [0.4, 0.5) is 0 Å². The molecule has 1 saturated heterocycles. The maximum Gasteiger partial charge on any atom is 0.246 e. The van der Waals surface area contributed by atoms with Crippen LogP contribution in [-0.2, 0) is 4.79 Å². The fourth-order valence-electron chi connectivity index (χ4n) is 1.55. The summed E-state index contributed by atoms with van der Waals surface area (Å²) >= 11 is 1.51. The van der Waals surface area contributed by atoms with E-state index >= 15 is 0 Å². The first-order valence-electron chi connectivity index (χ1n) is 4.70. The number of carbonyl (C=O) groups is 1. The maximum absolute atomic E-state index is 11.9. The Morgan fingerprint density at radius 2 is 2.00 bits per heavy atom. The van der Waals surface area contributed by atoms with Crippen LogP contribution in [0.2, 0.25) is 0 Å². The molecule has 0 bridgehead atoms. The van der Waals surface area contributed by atoms with Crippen LogP contribution < -0.4 is 0 Å². The molecule has 1 amide bonds. The Morgan fingerprint density at radius 3 is 2.53 bits per heavy atom. The SMILES string of the molecule is CN=C1SC(c2ccccc2)C(=O)N1C. The average Bonchev–Trinajstić information content (AvgIpc) is 2.57. The van der Waals surface area contributed by atoms with Crippen molar-refractivity contribution in [1.82, 2.24) is 4.90 Å². The lowest BCUT2D eigenvalue weighted by Gasteiger charge is -2.08. The van der Waals surface area contributed by atoms with Gasteiger partial charge >= 0.3 is 0 Å². The molecule has 0 aliphatic carbocycles. The highest BCUT2D eigenvalue weighted by Gasteiger charge is 2.35. The zero-order chi connectivity index (χ0) is 10.8. The molecular formula is C11H12N2OS. The lowest BCUT2D eigenvalue weighted by molar-refractivity contribution is -0.125. The Morgan fingerprint density at radius 1 is 1.33 bits per heavy atom. The number of thioether (sulfide) groups is 1. The summed E-state index contributed by atoms with van der Waals surface area (Å²) < 4.78 is 0. The number of likely N-dealkylation sites (N-methyl/N-ethyl adjacent to an activating group) is 1. The predicted octanol–water partition coefficient (Wildman–Crippen LogP) is 1.92. The molecule has 0 aromatic heterocycles. The van der Waals surface area contributed by atoms with Crippen LogP contribution >= 0.6 is 11.8 Å². The summed E-state index contributed by atoms with van der Waals surface area (Å²) in [5.74, 6) is 0.104. The third-order valence-electron chi connectivity index (χ3n) is 2.36.